The third-order valence-corrected chi connectivity index (χ3v) is 5.53. The van der Waals surface area contributed by atoms with E-state index in [-0.39, 0.29) is 22.2 Å². The normalized spacial score (nSPS) is 11.8. The molecule has 0 saturated heterocycles. The van der Waals surface area contributed by atoms with E-state index in [1.807, 2.05) is 0 Å². The van der Waals surface area contributed by atoms with Crippen molar-refractivity contribution in [2.45, 2.75) is 11.1 Å². The fraction of sp³-hybridized carbons (Fsp3) is 0.0500. The second kappa shape index (κ2) is 8.30. The Morgan fingerprint density at radius 3 is 2.44 bits per heavy atom. The van der Waals surface area contributed by atoms with Crippen molar-refractivity contribution < 1.29 is 26.3 Å². The lowest BCUT2D eigenvalue weighted by molar-refractivity contribution is -0.145. The second-order valence-electron chi connectivity index (χ2n) is 6.39. The van der Waals surface area contributed by atoms with Gasteiger partial charge in [0.1, 0.15) is 11.6 Å². The molecule has 0 aliphatic rings. The lowest BCUT2D eigenvalue weighted by atomic mass is 10.1. The first kappa shape index (κ1) is 21.3. The molecule has 0 saturated carbocycles. The molecular formula is C20H14F3N5O3S. The lowest BCUT2D eigenvalue weighted by Gasteiger charge is -2.13. The molecule has 0 bridgehead atoms. The highest BCUT2D eigenvalue weighted by molar-refractivity contribution is 7.92. The van der Waals surface area contributed by atoms with Crippen molar-refractivity contribution in [1.82, 2.24) is 19.9 Å². The van der Waals surface area contributed by atoms with Crippen LogP contribution in [0, 0.1) is 0 Å². The van der Waals surface area contributed by atoms with Crippen LogP contribution in [0.15, 0.2) is 78.1 Å². The summed E-state index contributed by atoms with van der Waals surface area (Å²) in [7, 11) is -3.86. The Bertz CT molecular complexity index is 1330. The topological polar surface area (TPSA) is 110 Å². The molecule has 2 aromatic carbocycles. The summed E-state index contributed by atoms with van der Waals surface area (Å²) in [5.41, 5.74) is 0.502. The van der Waals surface area contributed by atoms with Crippen LogP contribution in [0.3, 0.4) is 0 Å². The van der Waals surface area contributed by atoms with E-state index in [0.717, 1.165) is 6.20 Å². The van der Waals surface area contributed by atoms with Gasteiger partial charge in [-0.05, 0) is 30.3 Å². The minimum absolute atomic E-state index is 0.0699. The zero-order chi connectivity index (χ0) is 22.8. The monoisotopic (exact) mass is 461 g/mol. The molecule has 0 aliphatic heterocycles. The summed E-state index contributed by atoms with van der Waals surface area (Å²) in [6.45, 7) is 0. The number of rotatable bonds is 6. The number of hydrogen-bond acceptors (Lipinski definition) is 6. The number of anilines is 1. The molecule has 0 atom stereocenters. The summed E-state index contributed by atoms with van der Waals surface area (Å²) in [6, 6.07) is 13.2. The molecule has 4 rings (SSSR count). The molecule has 0 amide bonds. The van der Waals surface area contributed by atoms with Gasteiger partial charge in [0, 0.05) is 30.3 Å². The summed E-state index contributed by atoms with van der Waals surface area (Å²) in [5, 5.41) is 0. The molecule has 2 aromatic heterocycles. The quantitative estimate of drug-likeness (QED) is 0.438. The SMILES string of the molecule is O=S(=O)(Nc1ccc(Oc2ccnc(C(F)(F)F)n2)c(-c2ncc[nH]2)c1)c1ccccc1. The Kier molecular flexibility index (Phi) is 5.53. The van der Waals surface area contributed by atoms with Gasteiger partial charge in [-0.25, -0.2) is 18.4 Å². The lowest BCUT2D eigenvalue weighted by Crippen LogP contribution is -2.13. The maximum atomic E-state index is 12.9. The number of sulfonamides is 1. The molecule has 12 heteroatoms. The van der Waals surface area contributed by atoms with Crippen molar-refractivity contribution in [3.63, 3.8) is 0 Å². The fourth-order valence-corrected chi connectivity index (χ4v) is 3.81. The van der Waals surface area contributed by atoms with Gasteiger partial charge in [0.2, 0.25) is 11.7 Å². The minimum atomic E-state index is -4.73. The largest absolute Gasteiger partial charge is 0.451 e. The number of alkyl halides is 3. The van der Waals surface area contributed by atoms with Crippen molar-refractivity contribution in [2.75, 3.05) is 4.72 Å². The van der Waals surface area contributed by atoms with E-state index in [1.165, 1.54) is 48.8 Å². The van der Waals surface area contributed by atoms with Crippen molar-refractivity contribution >= 4 is 15.7 Å². The van der Waals surface area contributed by atoms with Gasteiger partial charge < -0.3 is 9.72 Å². The van der Waals surface area contributed by atoms with Crippen molar-refractivity contribution in [3.8, 4) is 23.0 Å². The van der Waals surface area contributed by atoms with Crippen LogP contribution in [0.2, 0.25) is 0 Å². The van der Waals surface area contributed by atoms with Gasteiger partial charge in [0.15, 0.2) is 0 Å². The van der Waals surface area contributed by atoms with E-state index in [9.17, 15) is 21.6 Å². The number of aromatic amines is 1. The highest BCUT2D eigenvalue weighted by atomic mass is 32.2. The highest BCUT2D eigenvalue weighted by Gasteiger charge is 2.35. The number of nitrogens with one attached hydrogen (secondary N) is 2. The summed E-state index contributed by atoms with van der Waals surface area (Å²) < 4.78 is 71.9. The Labute approximate surface area is 180 Å². The number of nitrogens with zero attached hydrogens (tertiary/aromatic N) is 3. The van der Waals surface area contributed by atoms with Crippen LogP contribution in [-0.4, -0.2) is 28.4 Å². The first-order valence-corrected chi connectivity index (χ1v) is 10.5. The van der Waals surface area contributed by atoms with Crippen molar-refractivity contribution in [3.05, 3.63) is 79.0 Å². The number of ether oxygens (including phenoxy) is 1. The molecule has 8 nitrogen and oxygen atoms in total. The van der Waals surface area contributed by atoms with Gasteiger partial charge in [0.05, 0.1) is 10.5 Å². The molecule has 32 heavy (non-hydrogen) atoms. The number of hydrogen-bond donors (Lipinski definition) is 2. The summed E-state index contributed by atoms with van der Waals surface area (Å²) in [5.74, 6) is -1.26. The number of aromatic nitrogens is 4. The molecule has 2 heterocycles. The third kappa shape index (κ3) is 4.70. The first-order chi connectivity index (χ1) is 15.2. The van der Waals surface area contributed by atoms with Crippen LogP contribution < -0.4 is 9.46 Å². The van der Waals surface area contributed by atoms with Crippen LogP contribution >= 0.6 is 0 Å². The van der Waals surface area contributed by atoms with E-state index < -0.39 is 22.0 Å². The zero-order valence-electron chi connectivity index (χ0n) is 16.0. The van der Waals surface area contributed by atoms with E-state index in [0.29, 0.717) is 11.4 Å². The van der Waals surface area contributed by atoms with Gasteiger partial charge >= 0.3 is 6.18 Å². The average Bonchev–Trinajstić information content (AvgIpc) is 3.30. The predicted molar refractivity (Wildman–Crippen MR) is 108 cm³/mol. The summed E-state index contributed by atoms with van der Waals surface area (Å²) >= 11 is 0. The van der Waals surface area contributed by atoms with Crippen LogP contribution in [-0.2, 0) is 16.2 Å². The number of halogens is 3. The Hall–Kier alpha value is -3.93. The Morgan fingerprint density at radius 2 is 1.75 bits per heavy atom. The molecule has 164 valence electrons. The second-order valence-corrected chi connectivity index (χ2v) is 8.07. The molecule has 0 radical (unpaired) electrons. The predicted octanol–water partition coefficient (Wildman–Crippen LogP) is 4.48. The van der Waals surface area contributed by atoms with Gasteiger partial charge in [-0.3, -0.25) is 4.72 Å². The highest BCUT2D eigenvalue weighted by Crippen LogP contribution is 2.35. The molecule has 0 unspecified atom stereocenters. The smallest absolute Gasteiger partial charge is 0.438 e. The van der Waals surface area contributed by atoms with Crippen LogP contribution in [0.5, 0.6) is 11.6 Å². The number of H-pyrrole nitrogens is 1. The summed E-state index contributed by atoms with van der Waals surface area (Å²) in [6.07, 6.45) is -0.804. The zero-order valence-corrected chi connectivity index (χ0v) is 16.9. The van der Waals surface area contributed by atoms with Crippen molar-refractivity contribution in [1.29, 1.82) is 0 Å². The van der Waals surface area contributed by atoms with E-state index >= 15 is 0 Å². The van der Waals surface area contributed by atoms with E-state index in [1.54, 1.807) is 18.2 Å². The maximum Gasteiger partial charge on any atom is 0.451 e. The van der Waals surface area contributed by atoms with Gasteiger partial charge in [-0.15, -0.1) is 0 Å². The van der Waals surface area contributed by atoms with Crippen LogP contribution in [0.4, 0.5) is 18.9 Å². The number of imidazole rings is 1. The van der Waals surface area contributed by atoms with Crippen LogP contribution in [0.1, 0.15) is 5.82 Å². The van der Waals surface area contributed by atoms with E-state index in [2.05, 4.69) is 24.7 Å². The fourth-order valence-electron chi connectivity index (χ4n) is 2.74. The third-order valence-electron chi connectivity index (χ3n) is 4.14. The molecule has 0 fully saturated rings. The Morgan fingerprint density at radius 1 is 0.969 bits per heavy atom. The first-order valence-electron chi connectivity index (χ1n) is 9.02. The van der Waals surface area contributed by atoms with Crippen molar-refractivity contribution in [2.24, 2.45) is 0 Å². The van der Waals surface area contributed by atoms with E-state index in [4.69, 9.17) is 4.74 Å². The van der Waals surface area contributed by atoms with Crippen LogP contribution in [0.25, 0.3) is 11.4 Å². The number of benzene rings is 2. The maximum absolute atomic E-state index is 12.9. The molecule has 0 aliphatic carbocycles. The van der Waals surface area contributed by atoms with Gasteiger partial charge in [-0.1, -0.05) is 18.2 Å². The molecule has 0 spiro atoms. The molecular weight excluding hydrogens is 447 g/mol. The standard InChI is InChI=1S/C20H14F3N5O3S/c21-20(22,23)19-26-9-8-17(27-19)31-16-7-6-13(12-15(16)18-24-10-11-25-18)28-32(29,30)14-4-2-1-3-5-14/h1-12,28H,(H,24,25). The van der Waals surface area contributed by atoms with Gasteiger partial charge in [-0.2, -0.15) is 18.2 Å². The Balaban J connectivity index is 1.69. The van der Waals surface area contributed by atoms with Gasteiger partial charge in [0.25, 0.3) is 10.0 Å². The average molecular weight is 461 g/mol. The molecule has 4 aromatic rings. The molecule has 2 N–H and O–H groups in total. The summed E-state index contributed by atoms with van der Waals surface area (Å²) in [4.78, 5) is 13.6. The minimum Gasteiger partial charge on any atom is -0.438 e.